The van der Waals surface area contributed by atoms with Crippen LogP contribution in [0.2, 0.25) is 0 Å². The van der Waals surface area contributed by atoms with Crippen molar-refractivity contribution in [3.8, 4) is 0 Å². The normalized spacial score (nSPS) is 21.5. The molecule has 2 aliphatic rings. The summed E-state index contributed by atoms with van der Waals surface area (Å²) in [5, 5.41) is 5.91. The zero-order chi connectivity index (χ0) is 19.3. The highest BCUT2D eigenvalue weighted by atomic mass is 16.2. The second-order valence-corrected chi connectivity index (χ2v) is 6.94. The molecule has 0 unspecified atom stereocenters. The van der Waals surface area contributed by atoms with Gasteiger partial charge in [-0.15, -0.1) is 0 Å². The van der Waals surface area contributed by atoms with E-state index < -0.39 is 17.9 Å². The molecule has 4 rings (SSSR count). The standard InChI is InChI=1S/C21H19N3O3/c1-12-8-10-15(11-9-12)23-20(26)17-18(14(3)25)22-24(19(17)21(23)27)16-7-5-4-6-13(16)2/h4-11,17,19H,1-3H3/t17-,19+/m1/s1. The maximum atomic E-state index is 13.2. The van der Waals surface area contributed by atoms with E-state index in [2.05, 4.69) is 5.10 Å². The lowest BCUT2D eigenvalue weighted by atomic mass is 9.95. The number of amides is 2. The smallest absolute Gasteiger partial charge is 0.259 e. The van der Waals surface area contributed by atoms with Gasteiger partial charge in [0.1, 0.15) is 17.7 Å². The molecule has 2 aromatic rings. The summed E-state index contributed by atoms with van der Waals surface area (Å²) < 4.78 is 0. The SMILES string of the molecule is CC(=O)C1=NN(c2ccccc2C)[C@@H]2C(=O)N(c3ccc(C)cc3)C(=O)[C@H]12. The number of anilines is 2. The van der Waals surface area contributed by atoms with Crippen LogP contribution in [0.3, 0.4) is 0 Å². The Balaban J connectivity index is 1.82. The predicted octanol–water partition coefficient (Wildman–Crippen LogP) is 2.63. The summed E-state index contributed by atoms with van der Waals surface area (Å²) in [7, 11) is 0. The van der Waals surface area contributed by atoms with Crippen LogP contribution in [-0.2, 0) is 14.4 Å². The number of para-hydroxylation sites is 1. The number of carbonyl (C=O) groups is 3. The number of nitrogens with zero attached hydrogens (tertiary/aromatic N) is 3. The van der Waals surface area contributed by atoms with Crippen LogP contribution in [0.1, 0.15) is 18.1 Å². The Morgan fingerprint density at radius 3 is 2.26 bits per heavy atom. The molecule has 27 heavy (non-hydrogen) atoms. The quantitative estimate of drug-likeness (QED) is 0.788. The number of carbonyl (C=O) groups excluding carboxylic acids is 3. The third-order valence-corrected chi connectivity index (χ3v) is 5.06. The zero-order valence-corrected chi connectivity index (χ0v) is 15.3. The average molecular weight is 361 g/mol. The summed E-state index contributed by atoms with van der Waals surface area (Å²) in [6, 6.07) is 13.8. The van der Waals surface area contributed by atoms with Crippen LogP contribution in [0.5, 0.6) is 0 Å². The van der Waals surface area contributed by atoms with Gasteiger partial charge < -0.3 is 0 Å². The molecule has 6 nitrogen and oxygen atoms in total. The number of hydrazone groups is 1. The Morgan fingerprint density at radius 2 is 1.63 bits per heavy atom. The van der Waals surface area contributed by atoms with Gasteiger partial charge in [0.25, 0.3) is 5.91 Å². The topological polar surface area (TPSA) is 70.1 Å². The lowest BCUT2D eigenvalue weighted by Gasteiger charge is -2.23. The zero-order valence-electron chi connectivity index (χ0n) is 15.3. The van der Waals surface area contributed by atoms with Crippen molar-refractivity contribution in [1.82, 2.24) is 0 Å². The van der Waals surface area contributed by atoms with E-state index in [1.54, 1.807) is 12.1 Å². The molecule has 2 atom stereocenters. The second kappa shape index (κ2) is 6.16. The number of benzene rings is 2. The van der Waals surface area contributed by atoms with Crippen LogP contribution in [-0.4, -0.2) is 29.4 Å². The summed E-state index contributed by atoms with van der Waals surface area (Å²) in [5.74, 6) is -1.94. The molecule has 0 saturated carbocycles. The van der Waals surface area contributed by atoms with E-state index in [1.165, 1.54) is 16.8 Å². The largest absolute Gasteiger partial charge is 0.293 e. The summed E-state index contributed by atoms with van der Waals surface area (Å²) in [6.07, 6.45) is 0. The number of hydrogen-bond acceptors (Lipinski definition) is 5. The average Bonchev–Trinajstić information content (AvgIpc) is 3.14. The minimum Gasteiger partial charge on any atom is -0.293 e. The number of rotatable bonds is 3. The van der Waals surface area contributed by atoms with Crippen molar-refractivity contribution in [2.75, 3.05) is 9.91 Å². The van der Waals surface area contributed by atoms with Crippen molar-refractivity contribution in [3.63, 3.8) is 0 Å². The first kappa shape index (κ1) is 17.1. The maximum Gasteiger partial charge on any atom is 0.259 e. The minimum atomic E-state index is -0.879. The molecule has 2 amide bonds. The molecule has 0 spiro atoms. The summed E-state index contributed by atoms with van der Waals surface area (Å²) >= 11 is 0. The Kier molecular flexibility index (Phi) is 3.91. The molecule has 6 heteroatoms. The van der Waals surface area contributed by atoms with Crippen LogP contribution in [0, 0.1) is 19.8 Å². The van der Waals surface area contributed by atoms with Gasteiger partial charge in [0, 0.05) is 6.92 Å². The van der Waals surface area contributed by atoms with Gasteiger partial charge in [-0.05, 0) is 37.6 Å². The highest BCUT2D eigenvalue weighted by Gasteiger charge is 2.58. The number of fused-ring (bicyclic) bond motifs is 1. The third-order valence-electron chi connectivity index (χ3n) is 5.06. The molecule has 0 bridgehead atoms. The Bertz CT molecular complexity index is 994. The van der Waals surface area contributed by atoms with Crippen molar-refractivity contribution in [1.29, 1.82) is 0 Å². The van der Waals surface area contributed by atoms with Gasteiger partial charge in [-0.1, -0.05) is 35.9 Å². The Labute approximate surface area is 157 Å². The molecule has 0 N–H and O–H groups in total. The lowest BCUT2D eigenvalue weighted by molar-refractivity contribution is -0.122. The fourth-order valence-corrected chi connectivity index (χ4v) is 3.67. The molecule has 136 valence electrons. The molecule has 1 saturated heterocycles. The third kappa shape index (κ3) is 2.56. The molecule has 2 aliphatic heterocycles. The Hall–Kier alpha value is -3.28. The fraction of sp³-hybridized carbons (Fsp3) is 0.238. The highest BCUT2D eigenvalue weighted by Crippen LogP contribution is 2.38. The van der Waals surface area contributed by atoms with Gasteiger partial charge >= 0.3 is 0 Å². The van der Waals surface area contributed by atoms with E-state index in [4.69, 9.17) is 0 Å². The van der Waals surface area contributed by atoms with Crippen molar-refractivity contribution in [2.45, 2.75) is 26.8 Å². The number of Topliss-reactive ketones (excluding diaryl/α,β-unsaturated/α-hetero) is 1. The van der Waals surface area contributed by atoms with E-state index in [1.807, 2.05) is 50.2 Å². The van der Waals surface area contributed by atoms with Gasteiger partial charge in [0.15, 0.2) is 5.78 Å². The monoisotopic (exact) mass is 361 g/mol. The maximum absolute atomic E-state index is 13.2. The van der Waals surface area contributed by atoms with Crippen LogP contribution in [0.4, 0.5) is 11.4 Å². The first-order chi connectivity index (χ1) is 12.9. The van der Waals surface area contributed by atoms with Gasteiger partial charge in [-0.25, -0.2) is 4.90 Å². The number of hydrogen-bond donors (Lipinski definition) is 0. The molecular weight excluding hydrogens is 342 g/mol. The van der Waals surface area contributed by atoms with Crippen molar-refractivity contribution >= 4 is 34.7 Å². The fourth-order valence-electron chi connectivity index (χ4n) is 3.67. The number of aryl methyl sites for hydroxylation is 2. The molecule has 1 fully saturated rings. The van der Waals surface area contributed by atoms with Crippen LogP contribution >= 0.6 is 0 Å². The predicted molar refractivity (Wildman–Crippen MR) is 103 cm³/mol. The summed E-state index contributed by atoms with van der Waals surface area (Å²) in [6.45, 7) is 5.22. The van der Waals surface area contributed by atoms with E-state index in [9.17, 15) is 14.4 Å². The molecule has 0 radical (unpaired) electrons. The first-order valence-electron chi connectivity index (χ1n) is 8.79. The molecule has 0 aromatic heterocycles. The van der Waals surface area contributed by atoms with Crippen molar-refractivity contribution < 1.29 is 14.4 Å². The molecular formula is C21H19N3O3. The van der Waals surface area contributed by atoms with E-state index in [0.717, 1.165) is 16.8 Å². The Morgan fingerprint density at radius 1 is 0.963 bits per heavy atom. The summed E-state index contributed by atoms with van der Waals surface area (Å²) in [4.78, 5) is 39.7. The second-order valence-electron chi connectivity index (χ2n) is 6.94. The molecule has 2 heterocycles. The van der Waals surface area contributed by atoms with Crippen LogP contribution in [0.25, 0.3) is 0 Å². The molecule has 2 aromatic carbocycles. The lowest BCUT2D eigenvalue weighted by Crippen LogP contribution is -2.39. The number of imide groups is 1. The van der Waals surface area contributed by atoms with E-state index in [0.29, 0.717) is 5.69 Å². The first-order valence-corrected chi connectivity index (χ1v) is 8.79. The van der Waals surface area contributed by atoms with E-state index >= 15 is 0 Å². The van der Waals surface area contributed by atoms with Crippen molar-refractivity contribution in [2.24, 2.45) is 11.0 Å². The van der Waals surface area contributed by atoms with Crippen LogP contribution < -0.4 is 9.91 Å². The van der Waals surface area contributed by atoms with Gasteiger partial charge in [0.05, 0.1) is 11.4 Å². The van der Waals surface area contributed by atoms with Gasteiger partial charge in [0.2, 0.25) is 5.91 Å². The van der Waals surface area contributed by atoms with Crippen molar-refractivity contribution in [3.05, 3.63) is 59.7 Å². The number of ketones is 1. The van der Waals surface area contributed by atoms with E-state index in [-0.39, 0.29) is 17.4 Å². The van der Waals surface area contributed by atoms with Gasteiger partial charge in [-0.2, -0.15) is 5.10 Å². The minimum absolute atomic E-state index is 0.135. The van der Waals surface area contributed by atoms with Crippen LogP contribution in [0.15, 0.2) is 53.6 Å². The summed E-state index contributed by atoms with van der Waals surface area (Å²) in [5.41, 5.74) is 3.31. The highest BCUT2D eigenvalue weighted by molar-refractivity contribution is 6.48. The molecule has 0 aliphatic carbocycles. The van der Waals surface area contributed by atoms with Gasteiger partial charge in [-0.3, -0.25) is 19.4 Å².